The van der Waals surface area contributed by atoms with E-state index in [1.54, 1.807) is 13.8 Å². The van der Waals surface area contributed by atoms with Crippen LogP contribution in [0.2, 0.25) is 0 Å². The van der Waals surface area contributed by atoms with Gasteiger partial charge in [0, 0.05) is 18.3 Å². The summed E-state index contributed by atoms with van der Waals surface area (Å²) in [6.07, 6.45) is 1.67. The van der Waals surface area contributed by atoms with Gasteiger partial charge in [0.2, 0.25) is 0 Å². The fourth-order valence-electron chi connectivity index (χ4n) is 1.37. The standard InChI is InChI=1S/C9H18O5.2C3H6O2/c1-2-3-9(5-10,6-11)4-8(13)14-7-12;2*1-2-3(4)5/h10-12H,2-7H2,1H3;2*2H2,1H3,(H,4,5). The first-order valence-corrected chi connectivity index (χ1v) is 7.60. The minimum atomic E-state index is -0.818. The van der Waals surface area contributed by atoms with Crippen molar-refractivity contribution < 1.29 is 44.7 Å². The van der Waals surface area contributed by atoms with Gasteiger partial charge in [-0.25, -0.2) is 0 Å². The van der Waals surface area contributed by atoms with Crippen LogP contribution in [0.3, 0.4) is 0 Å². The Morgan fingerprint density at radius 3 is 1.46 bits per heavy atom. The molecule has 0 atom stereocenters. The summed E-state index contributed by atoms with van der Waals surface area (Å²) in [5, 5.41) is 42.0. The Bertz CT molecular complexity index is 324. The molecule has 0 spiro atoms. The summed E-state index contributed by atoms with van der Waals surface area (Å²) in [6.45, 7) is 3.90. The van der Waals surface area contributed by atoms with E-state index in [2.05, 4.69) is 4.74 Å². The molecule has 144 valence electrons. The van der Waals surface area contributed by atoms with Crippen molar-refractivity contribution in [1.29, 1.82) is 0 Å². The van der Waals surface area contributed by atoms with Gasteiger partial charge in [0.25, 0.3) is 0 Å². The number of aliphatic hydroxyl groups excluding tert-OH is 3. The van der Waals surface area contributed by atoms with Crippen molar-refractivity contribution in [3.63, 3.8) is 0 Å². The molecule has 0 aliphatic carbocycles. The molecule has 0 aromatic heterocycles. The molecule has 0 bridgehead atoms. The molecule has 0 heterocycles. The summed E-state index contributed by atoms with van der Waals surface area (Å²) in [5.41, 5.74) is -0.818. The molecule has 0 aromatic rings. The predicted octanol–water partition coefficient (Wildman–Crippen LogP) is 0.603. The second-order valence-corrected chi connectivity index (χ2v) is 4.88. The van der Waals surface area contributed by atoms with Crippen molar-refractivity contribution in [2.24, 2.45) is 5.41 Å². The molecule has 0 radical (unpaired) electrons. The van der Waals surface area contributed by atoms with E-state index in [4.69, 9.17) is 25.5 Å². The average molecular weight is 354 g/mol. The maximum Gasteiger partial charge on any atom is 0.308 e. The number of hydrogen-bond donors (Lipinski definition) is 5. The van der Waals surface area contributed by atoms with Crippen molar-refractivity contribution in [2.45, 2.75) is 52.9 Å². The van der Waals surface area contributed by atoms with Crippen molar-refractivity contribution in [3.8, 4) is 0 Å². The molecule has 24 heavy (non-hydrogen) atoms. The Kier molecular flexibility index (Phi) is 20.0. The Morgan fingerprint density at radius 2 is 1.25 bits per heavy atom. The quantitative estimate of drug-likeness (QED) is 0.295. The van der Waals surface area contributed by atoms with E-state index in [9.17, 15) is 14.4 Å². The minimum Gasteiger partial charge on any atom is -0.481 e. The molecule has 9 heteroatoms. The zero-order valence-electron chi connectivity index (χ0n) is 14.5. The smallest absolute Gasteiger partial charge is 0.308 e. The van der Waals surface area contributed by atoms with Gasteiger partial charge in [-0.1, -0.05) is 27.2 Å². The lowest BCUT2D eigenvalue weighted by molar-refractivity contribution is -0.156. The van der Waals surface area contributed by atoms with E-state index >= 15 is 0 Å². The van der Waals surface area contributed by atoms with Crippen LogP contribution in [-0.4, -0.2) is 63.4 Å². The summed E-state index contributed by atoms with van der Waals surface area (Å²) >= 11 is 0. The summed E-state index contributed by atoms with van der Waals surface area (Å²) in [6, 6.07) is 0. The normalized spacial score (nSPS) is 9.75. The monoisotopic (exact) mass is 354 g/mol. The van der Waals surface area contributed by atoms with Crippen molar-refractivity contribution >= 4 is 17.9 Å². The summed E-state index contributed by atoms with van der Waals surface area (Å²) in [5.74, 6) is -2.10. The first-order valence-electron chi connectivity index (χ1n) is 7.60. The van der Waals surface area contributed by atoms with E-state index in [0.29, 0.717) is 6.42 Å². The van der Waals surface area contributed by atoms with Crippen LogP contribution in [0.4, 0.5) is 0 Å². The molecular weight excluding hydrogens is 324 g/mol. The minimum absolute atomic E-state index is 0.0750. The third kappa shape index (κ3) is 18.3. The number of aliphatic hydroxyl groups is 3. The fraction of sp³-hybridized carbons (Fsp3) is 0.800. The zero-order chi connectivity index (χ0) is 19.6. The molecule has 0 aliphatic heterocycles. The van der Waals surface area contributed by atoms with E-state index in [1.807, 2.05) is 6.92 Å². The number of carboxylic acids is 2. The summed E-state index contributed by atoms with van der Waals surface area (Å²) in [4.78, 5) is 29.8. The molecule has 0 fully saturated rings. The molecule has 0 unspecified atom stereocenters. The molecule has 0 amide bonds. The lowest BCUT2D eigenvalue weighted by Crippen LogP contribution is -2.33. The Balaban J connectivity index is -0.000000361. The molecule has 9 nitrogen and oxygen atoms in total. The van der Waals surface area contributed by atoms with Crippen LogP contribution >= 0.6 is 0 Å². The number of hydrogen-bond acceptors (Lipinski definition) is 7. The maximum atomic E-state index is 11.0. The Labute approximate surface area is 141 Å². The maximum absolute atomic E-state index is 11.0. The Hall–Kier alpha value is -1.71. The van der Waals surface area contributed by atoms with Gasteiger partial charge in [-0.2, -0.15) is 0 Å². The zero-order valence-corrected chi connectivity index (χ0v) is 14.5. The highest BCUT2D eigenvalue weighted by Gasteiger charge is 2.31. The van der Waals surface area contributed by atoms with Crippen LogP contribution < -0.4 is 0 Å². The Morgan fingerprint density at radius 1 is 0.875 bits per heavy atom. The van der Waals surface area contributed by atoms with E-state index in [1.165, 1.54) is 0 Å². The second kappa shape index (κ2) is 17.6. The van der Waals surface area contributed by atoms with Crippen LogP contribution in [0.15, 0.2) is 0 Å². The molecule has 5 N–H and O–H groups in total. The number of ether oxygens (including phenoxy) is 1. The molecule has 0 rings (SSSR count). The first-order chi connectivity index (χ1) is 11.2. The van der Waals surface area contributed by atoms with Crippen molar-refractivity contribution in [3.05, 3.63) is 0 Å². The van der Waals surface area contributed by atoms with Crippen LogP contribution in [0.1, 0.15) is 52.9 Å². The fourth-order valence-corrected chi connectivity index (χ4v) is 1.37. The topological polar surface area (TPSA) is 162 Å². The third-order valence-corrected chi connectivity index (χ3v) is 2.80. The number of aliphatic carboxylic acids is 2. The number of carbonyl (C=O) groups excluding carboxylic acids is 1. The van der Waals surface area contributed by atoms with Gasteiger partial charge in [-0.05, 0) is 6.42 Å². The number of carbonyl (C=O) groups is 3. The van der Waals surface area contributed by atoms with Gasteiger partial charge in [-0.3, -0.25) is 14.4 Å². The van der Waals surface area contributed by atoms with Gasteiger partial charge in [0.05, 0.1) is 19.6 Å². The van der Waals surface area contributed by atoms with E-state index in [-0.39, 0.29) is 32.5 Å². The van der Waals surface area contributed by atoms with Crippen LogP contribution in [0.5, 0.6) is 0 Å². The van der Waals surface area contributed by atoms with Crippen molar-refractivity contribution in [2.75, 3.05) is 20.0 Å². The van der Waals surface area contributed by atoms with Gasteiger partial charge in [0.1, 0.15) is 0 Å². The van der Waals surface area contributed by atoms with Crippen LogP contribution in [-0.2, 0) is 19.1 Å². The van der Waals surface area contributed by atoms with Crippen molar-refractivity contribution in [1.82, 2.24) is 0 Å². The third-order valence-electron chi connectivity index (χ3n) is 2.80. The summed E-state index contributed by atoms with van der Waals surface area (Å²) in [7, 11) is 0. The highest BCUT2D eigenvalue weighted by molar-refractivity contribution is 5.70. The average Bonchev–Trinajstić information content (AvgIpc) is 2.55. The van der Waals surface area contributed by atoms with Gasteiger partial charge >= 0.3 is 17.9 Å². The molecule has 0 aliphatic rings. The SMILES string of the molecule is CCC(=O)O.CCC(=O)O.CCCC(CO)(CO)CC(=O)OCO. The highest BCUT2D eigenvalue weighted by atomic mass is 16.6. The predicted molar refractivity (Wildman–Crippen MR) is 85.2 cm³/mol. The first kappa shape index (κ1) is 27.2. The lowest BCUT2D eigenvalue weighted by atomic mass is 9.82. The number of carboxylic acid groups (broad SMARTS) is 2. The molecule has 0 saturated carbocycles. The summed E-state index contributed by atoms with van der Waals surface area (Å²) < 4.78 is 4.34. The molecule has 0 saturated heterocycles. The van der Waals surface area contributed by atoms with Crippen LogP contribution in [0.25, 0.3) is 0 Å². The largest absolute Gasteiger partial charge is 0.481 e. The lowest BCUT2D eigenvalue weighted by Gasteiger charge is -2.27. The number of rotatable bonds is 9. The van der Waals surface area contributed by atoms with Gasteiger partial charge < -0.3 is 30.3 Å². The van der Waals surface area contributed by atoms with Crippen LogP contribution in [0, 0.1) is 5.41 Å². The second-order valence-electron chi connectivity index (χ2n) is 4.88. The van der Waals surface area contributed by atoms with Gasteiger partial charge in [0.15, 0.2) is 6.79 Å². The highest BCUT2D eigenvalue weighted by Crippen LogP contribution is 2.27. The van der Waals surface area contributed by atoms with E-state index < -0.39 is 30.1 Å². The molecular formula is C15H30O9. The van der Waals surface area contributed by atoms with E-state index in [0.717, 1.165) is 6.42 Å². The molecule has 0 aromatic carbocycles. The number of esters is 1. The van der Waals surface area contributed by atoms with Gasteiger partial charge in [-0.15, -0.1) is 0 Å².